The molecule has 0 atom stereocenters. The van der Waals surface area contributed by atoms with Crippen molar-refractivity contribution in [3.05, 3.63) is 41.5 Å². The van der Waals surface area contributed by atoms with Gasteiger partial charge in [0.1, 0.15) is 0 Å². The van der Waals surface area contributed by atoms with Gasteiger partial charge in [-0.3, -0.25) is 4.79 Å². The number of benzene rings is 1. The van der Waals surface area contributed by atoms with Crippen LogP contribution in [0.2, 0.25) is 0 Å². The van der Waals surface area contributed by atoms with Gasteiger partial charge >= 0.3 is 5.97 Å². The molecule has 96 valence electrons. The number of esters is 1. The van der Waals surface area contributed by atoms with E-state index >= 15 is 0 Å². The van der Waals surface area contributed by atoms with E-state index in [1.807, 2.05) is 25.1 Å². The topological polar surface area (TPSA) is 43.4 Å². The van der Waals surface area contributed by atoms with E-state index in [1.54, 1.807) is 13.0 Å². The van der Waals surface area contributed by atoms with E-state index in [0.717, 1.165) is 16.8 Å². The molecule has 18 heavy (non-hydrogen) atoms. The summed E-state index contributed by atoms with van der Waals surface area (Å²) in [7, 11) is 0. The molecule has 0 aliphatic carbocycles. The number of rotatable bonds is 6. The zero-order valence-electron chi connectivity index (χ0n) is 10.5. The average molecular weight is 264 g/mol. The van der Waals surface area contributed by atoms with E-state index in [9.17, 15) is 9.59 Å². The molecule has 0 saturated heterocycles. The normalized spacial score (nSPS) is 11.1. The Hall–Kier alpha value is -1.55. The van der Waals surface area contributed by atoms with Crippen LogP contribution in [-0.2, 0) is 9.53 Å². The van der Waals surface area contributed by atoms with Crippen LogP contribution in [0, 0.1) is 0 Å². The standard InChI is InChI=1S/C14H16O3S/c1-3-17-14(16)8-11(2)10-18-13-7-5-4-6-12(13)9-15/h4-9H,3,10H2,1-2H3. The van der Waals surface area contributed by atoms with Crippen LogP contribution in [0.4, 0.5) is 0 Å². The van der Waals surface area contributed by atoms with Crippen LogP contribution in [0.25, 0.3) is 0 Å². The molecule has 0 amide bonds. The lowest BCUT2D eigenvalue weighted by atomic mass is 10.2. The van der Waals surface area contributed by atoms with Gasteiger partial charge in [-0.1, -0.05) is 23.8 Å². The average Bonchev–Trinajstić information content (AvgIpc) is 2.37. The largest absolute Gasteiger partial charge is 0.463 e. The van der Waals surface area contributed by atoms with Gasteiger partial charge in [0, 0.05) is 22.3 Å². The minimum Gasteiger partial charge on any atom is -0.463 e. The van der Waals surface area contributed by atoms with Crippen molar-refractivity contribution in [1.82, 2.24) is 0 Å². The number of aldehydes is 1. The van der Waals surface area contributed by atoms with E-state index in [1.165, 1.54) is 17.8 Å². The van der Waals surface area contributed by atoms with E-state index in [4.69, 9.17) is 4.74 Å². The second kappa shape index (κ2) is 7.71. The van der Waals surface area contributed by atoms with Crippen molar-refractivity contribution in [1.29, 1.82) is 0 Å². The Morgan fingerprint density at radius 2 is 2.11 bits per heavy atom. The van der Waals surface area contributed by atoms with Gasteiger partial charge in [-0.25, -0.2) is 4.79 Å². The Kier molecular flexibility index (Phi) is 6.22. The highest BCUT2D eigenvalue weighted by Gasteiger charge is 2.03. The minimum atomic E-state index is -0.320. The van der Waals surface area contributed by atoms with Crippen molar-refractivity contribution in [2.24, 2.45) is 0 Å². The minimum absolute atomic E-state index is 0.320. The third-order valence-electron chi connectivity index (χ3n) is 2.15. The molecule has 1 rings (SSSR count). The lowest BCUT2D eigenvalue weighted by Gasteiger charge is -2.04. The van der Waals surface area contributed by atoms with E-state index < -0.39 is 0 Å². The summed E-state index contributed by atoms with van der Waals surface area (Å²) in [6.07, 6.45) is 2.33. The first-order chi connectivity index (χ1) is 8.67. The van der Waals surface area contributed by atoms with Crippen LogP contribution >= 0.6 is 11.8 Å². The van der Waals surface area contributed by atoms with Crippen molar-refractivity contribution in [3.8, 4) is 0 Å². The lowest BCUT2D eigenvalue weighted by molar-refractivity contribution is -0.137. The molecular formula is C14H16O3S. The van der Waals surface area contributed by atoms with E-state index in [-0.39, 0.29) is 5.97 Å². The third kappa shape index (κ3) is 4.75. The zero-order valence-corrected chi connectivity index (χ0v) is 11.3. The molecule has 0 heterocycles. The Morgan fingerprint density at radius 3 is 2.78 bits per heavy atom. The summed E-state index contributed by atoms with van der Waals surface area (Å²) in [6, 6.07) is 7.39. The molecule has 0 radical (unpaired) electrons. The maximum Gasteiger partial charge on any atom is 0.330 e. The molecule has 1 aromatic rings. The van der Waals surface area contributed by atoms with Crippen molar-refractivity contribution in [3.63, 3.8) is 0 Å². The van der Waals surface area contributed by atoms with Gasteiger partial charge in [-0.15, -0.1) is 11.8 Å². The predicted octanol–water partition coefficient (Wildman–Crippen LogP) is 3.10. The quantitative estimate of drug-likeness (QED) is 0.343. The van der Waals surface area contributed by atoms with Crippen LogP contribution in [0.1, 0.15) is 24.2 Å². The smallest absolute Gasteiger partial charge is 0.330 e. The second-order valence-corrected chi connectivity index (χ2v) is 4.70. The summed E-state index contributed by atoms with van der Waals surface area (Å²) in [4.78, 5) is 23.0. The highest BCUT2D eigenvalue weighted by molar-refractivity contribution is 7.99. The Morgan fingerprint density at radius 1 is 1.39 bits per heavy atom. The summed E-state index contributed by atoms with van der Waals surface area (Å²) in [5.41, 5.74) is 1.59. The number of ether oxygens (including phenoxy) is 1. The Bertz CT molecular complexity index is 452. The SMILES string of the molecule is CCOC(=O)C=C(C)CSc1ccccc1C=O. The zero-order chi connectivity index (χ0) is 13.4. The first-order valence-corrected chi connectivity index (χ1v) is 6.67. The maximum absolute atomic E-state index is 11.2. The number of carbonyl (C=O) groups excluding carboxylic acids is 2. The van der Waals surface area contributed by atoms with Gasteiger partial charge in [0.15, 0.2) is 6.29 Å². The molecular weight excluding hydrogens is 248 g/mol. The summed E-state index contributed by atoms with van der Waals surface area (Å²) in [5.74, 6) is 0.336. The van der Waals surface area contributed by atoms with E-state index in [2.05, 4.69) is 0 Å². The predicted molar refractivity (Wildman–Crippen MR) is 72.9 cm³/mol. The molecule has 0 aliphatic rings. The molecule has 0 spiro atoms. The number of carbonyl (C=O) groups is 2. The fraction of sp³-hybridized carbons (Fsp3) is 0.286. The van der Waals surface area contributed by atoms with Crippen molar-refractivity contribution < 1.29 is 14.3 Å². The van der Waals surface area contributed by atoms with Gasteiger partial charge in [0.05, 0.1) is 6.61 Å². The molecule has 0 bridgehead atoms. The van der Waals surface area contributed by atoms with Crippen molar-refractivity contribution in [2.75, 3.05) is 12.4 Å². The fourth-order valence-corrected chi connectivity index (χ4v) is 2.25. The highest BCUT2D eigenvalue weighted by Crippen LogP contribution is 2.23. The summed E-state index contributed by atoms with van der Waals surface area (Å²) in [5, 5.41) is 0. The van der Waals surface area contributed by atoms with E-state index in [0.29, 0.717) is 17.9 Å². The molecule has 0 N–H and O–H groups in total. The summed E-state index contributed by atoms with van der Waals surface area (Å²) in [6.45, 7) is 4.02. The molecule has 0 aliphatic heterocycles. The Labute approximate surface area is 111 Å². The number of hydrogen-bond acceptors (Lipinski definition) is 4. The maximum atomic E-state index is 11.2. The molecule has 0 saturated carbocycles. The van der Waals surface area contributed by atoms with Gasteiger partial charge in [-0.2, -0.15) is 0 Å². The lowest BCUT2D eigenvalue weighted by Crippen LogP contribution is -2.01. The highest BCUT2D eigenvalue weighted by atomic mass is 32.2. The van der Waals surface area contributed by atoms with Crippen LogP contribution in [0.5, 0.6) is 0 Å². The summed E-state index contributed by atoms with van der Waals surface area (Å²) >= 11 is 1.53. The van der Waals surface area contributed by atoms with Gasteiger partial charge < -0.3 is 4.74 Å². The number of thioether (sulfide) groups is 1. The third-order valence-corrected chi connectivity index (χ3v) is 3.43. The molecule has 3 nitrogen and oxygen atoms in total. The second-order valence-electron chi connectivity index (χ2n) is 3.69. The van der Waals surface area contributed by atoms with Gasteiger partial charge in [-0.05, 0) is 19.9 Å². The molecule has 4 heteroatoms. The van der Waals surface area contributed by atoms with Gasteiger partial charge in [0.25, 0.3) is 0 Å². The summed E-state index contributed by atoms with van der Waals surface area (Å²) < 4.78 is 4.83. The molecule has 0 aromatic heterocycles. The molecule has 1 aromatic carbocycles. The van der Waals surface area contributed by atoms with Crippen LogP contribution in [-0.4, -0.2) is 24.6 Å². The van der Waals surface area contributed by atoms with Crippen molar-refractivity contribution in [2.45, 2.75) is 18.7 Å². The fourth-order valence-electron chi connectivity index (χ4n) is 1.33. The number of hydrogen-bond donors (Lipinski definition) is 0. The van der Waals surface area contributed by atoms with Crippen LogP contribution in [0.3, 0.4) is 0 Å². The monoisotopic (exact) mass is 264 g/mol. The van der Waals surface area contributed by atoms with Crippen molar-refractivity contribution >= 4 is 24.0 Å². The first kappa shape index (κ1) is 14.5. The van der Waals surface area contributed by atoms with Gasteiger partial charge in [0.2, 0.25) is 0 Å². The molecule has 0 unspecified atom stereocenters. The van der Waals surface area contributed by atoms with Crippen LogP contribution in [0.15, 0.2) is 40.8 Å². The molecule has 0 fully saturated rings. The Balaban J connectivity index is 2.59. The van der Waals surface area contributed by atoms with Crippen LogP contribution < -0.4 is 0 Å². The first-order valence-electron chi connectivity index (χ1n) is 5.68.